The summed E-state index contributed by atoms with van der Waals surface area (Å²) in [5, 5.41) is 19.0. The van der Waals surface area contributed by atoms with Crippen molar-refractivity contribution in [1.82, 2.24) is 15.0 Å². The first-order chi connectivity index (χ1) is 12.5. The summed E-state index contributed by atoms with van der Waals surface area (Å²) >= 11 is 6.32. The van der Waals surface area contributed by atoms with Crippen LogP contribution in [0.2, 0.25) is 5.02 Å². The molecule has 2 heterocycles. The van der Waals surface area contributed by atoms with E-state index in [4.69, 9.17) is 16.7 Å². The van der Waals surface area contributed by atoms with Crippen molar-refractivity contribution in [2.75, 3.05) is 0 Å². The summed E-state index contributed by atoms with van der Waals surface area (Å²) < 4.78 is 0. The van der Waals surface area contributed by atoms with Crippen LogP contribution in [0, 0.1) is 5.92 Å². The molecule has 7 heteroatoms. The fourth-order valence-corrected chi connectivity index (χ4v) is 3.53. The first-order valence-electron chi connectivity index (χ1n) is 8.29. The van der Waals surface area contributed by atoms with Gasteiger partial charge in [0, 0.05) is 5.56 Å². The quantitative estimate of drug-likeness (QED) is 0.640. The number of nitrogens with zero attached hydrogens (tertiary/aromatic N) is 2. The number of carboxylic acid groups (broad SMARTS) is 1. The summed E-state index contributed by atoms with van der Waals surface area (Å²) in [5.41, 5.74) is 4.67. The molecular formula is C19H16ClN3O3. The molecular weight excluding hydrogens is 354 g/mol. The van der Waals surface area contributed by atoms with E-state index >= 15 is 0 Å². The van der Waals surface area contributed by atoms with E-state index in [0.29, 0.717) is 34.7 Å². The Kier molecular flexibility index (Phi) is 4.12. The summed E-state index contributed by atoms with van der Waals surface area (Å²) in [6.45, 7) is 0. The minimum atomic E-state index is -0.726. The van der Waals surface area contributed by atoms with E-state index in [1.165, 1.54) is 5.57 Å². The number of aromatic amines is 1. The molecule has 0 saturated heterocycles. The Balaban J connectivity index is 1.62. The lowest BCUT2D eigenvalue weighted by Crippen LogP contribution is -2.15. The van der Waals surface area contributed by atoms with Crippen molar-refractivity contribution in [3.63, 3.8) is 0 Å². The van der Waals surface area contributed by atoms with Gasteiger partial charge < -0.3 is 15.2 Å². The highest BCUT2D eigenvalue weighted by Crippen LogP contribution is 2.33. The third-order valence-electron chi connectivity index (χ3n) is 4.70. The van der Waals surface area contributed by atoms with Crippen molar-refractivity contribution >= 4 is 34.3 Å². The molecule has 2 aromatic heterocycles. The smallest absolute Gasteiger partial charge is 0.306 e. The van der Waals surface area contributed by atoms with Gasteiger partial charge in [0.05, 0.1) is 22.2 Å². The Hall–Kier alpha value is -2.86. The maximum absolute atomic E-state index is 11.1. The van der Waals surface area contributed by atoms with Crippen molar-refractivity contribution in [3.05, 3.63) is 47.0 Å². The lowest BCUT2D eigenvalue weighted by atomic mass is 9.86. The van der Waals surface area contributed by atoms with Crippen molar-refractivity contribution in [1.29, 1.82) is 0 Å². The number of fused-ring (bicyclic) bond motifs is 1. The first-order valence-corrected chi connectivity index (χ1v) is 8.67. The van der Waals surface area contributed by atoms with Crippen LogP contribution in [0.3, 0.4) is 0 Å². The highest BCUT2D eigenvalue weighted by atomic mass is 35.5. The standard InChI is InChI=1S/C19H16ClN3O3/c20-14-9-15-17(23-19(26)21-15)22-16(14)12-5-1-10(2-6-12)11-3-7-13(8-4-11)18(24)25/h1-3,5-6,9,13H,4,7-8H2,(H,24,25)(H2,21,22,23,26). The molecule has 1 unspecified atom stereocenters. The number of allylic oxidation sites excluding steroid dienone is 2. The van der Waals surface area contributed by atoms with Crippen molar-refractivity contribution in [2.45, 2.75) is 19.3 Å². The number of hydrogen-bond acceptors (Lipinski definition) is 4. The Labute approximate surface area is 154 Å². The average molecular weight is 370 g/mol. The van der Waals surface area contributed by atoms with Crippen LogP contribution in [0.25, 0.3) is 28.0 Å². The average Bonchev–Trinajstić information content (AvgIpc) is 3.00. The largest absolute Gasteiger partial charge is 0.481 e. The molecule has 4 rings (SSSR count). The van der Waals surface area contributed by atoms with Crippen LogP contribution in [-0.2, 0) is 4.79 Å². The fourth-order valence-electron chi connectivity index (χ4n) is 3.27. The molecule has 0 radical (unpaired) electrons. The normalized spacial score (nSPS) is 17.3. The molecule has 0 bridgehead atoms. The van der Waals surface area contributed by atoms with E-state index in [0.717, 1.165) is 17.5 Å². The maximum atomic E-state index is 11.1. The van der Waals surface area contributed by atoms with Gasteiger partial charge in [-0.05, 0) is 36.5 Å². The van der Waals surface area contributed by atoms with E-state index in [9.17, 15) is 9.90 Å². The third-order valence-corrected chi connectivity index (χ3v) is 4.99. The summed E-state index contributed by atoms with van der Waals surface area (Å²) in [4.78, 5) is 22.1. The van der Waals surface area contributed by atoms with E-state index in [2.05, 4.69) is 15.0 Å². The molecule has 0 fully saturated rings. The second kappa shape index (κ2) is 6.46. The van der Waals surface area contributed by atoms with Gasteiger partial charge in [-0.1, -0.05) is 41.9 Å². The summed E-state index contributed by atoms with van der Waals surface area (Å²) in [6, 6.07) is 9.35. The Morgan fingerprint density at radius 1 is 1.19 bits per heavy atom. The van der Waals surface area contributed by atoms with Gasteiger partial charge in [-0.25, -0.2) is 4.98 Å². The number of carboxylic acids is 1. The zero-order valence-corrected chi connectivity index (χ0v) is 14.5. The predicted octanol–water partition coefficient (Wildman–Crippen LogP) is 4.25. The number of benzene rings is 1. The number of H-pyrrole nitrogens is 1. The summed E-state index contributed by atoms with van der Waals surface area (Å²) in [5.74, 6) is -1.01. The zero-order chi connectivity index (χ0) is 18.3. The second-order valence-corrected chi connectivity index (χ2v) is 6.77. The molecule has 0 spiro atoms. The molecule has 1 aliphatic rings. The number of halogens is 1. The number of pyridine rings is 1. The number of nitrogens with one attached hydrogen (secondary N) is 1. The molecule has 6 nitrogen and oxygen atoms in total. The number of carbonyl (C=O) groups is 1. The molecule has 26 heavy (non-hydrogen) atoms. The molecule has 1 aromatic carbocycles. The molecule has 3 aromatic rings. The number of hydrogen-bond donors (Lipinski definition) is 3. The van der Waals surface area contributed by atoms with Gasteiger partial charge in [-0.15, -0.1) is 0 Å². The van der Waals surface area contributed by atoms with Gasteiger partial charge in [0.1, 0.15) is 0 Å². The van der Waals surface area contributed by atoms with Crippen LogP contribution in [0.4, 0.5) is 0 Å². The zero-order valence-electron chi connectivity index (χ0n) is 13.7. The van der Waals surface area contributed by atoms with Gasteiger partial charge in [-0.2, -0.15) is 4.98 Å². The number of aromatic nitrogens is 3. The topological polar surface area (TPSA) is 99.1 Å². The lowest BCUT2D eigenvalue weighted by Gasteiger charge is -2.19. The number of aliphatic carboxylic acids is 1. The van der Waals surface area contributed by atoms with E-state index in [-0.39, 0.29) is 11.9 Å². The van der Waals surface area contributed by atoms with E-state index in [1.807, 2.05) is 30.3 Å². The highest BCUT2D eigenvalue weighted by Gasteiger charge is 2.21. The first kappa shape index (κ1) is 16.6. The van der Waals surface area contributed by atoms with Crippen LogP contribution < -0.4 is 0 Å². The number of rotatable bonds is 3. The Morgan fingerprint density at radius 2 is 1.92 bits per heavy atom. The van der Waals surface area contributed by atoms with Gasteiger partial charge in [0.25, 0.3) is 6.01 Å². The van der Waals surface area contributed by atoms with Crippen LogP contribution in [0.15, 0.2) is 36.4 Å². The molecule has 1 atom stereocenters. The van der Waals surface area contributed by atoms with Crippen LogP contribution in [0.1, 0.15) is 24.8 Å². The second-order valence-electron chi connectivity index (χ2n) is 6.37. The monoisotopic (exact) mass is 369 g/mol. The summed E-state index contributed by atoms with van der Waals surface area (Å²) in [6.07, 6.45) is 4.00. The molecule has 0 aliphatic heterocycles. The molecule has 3 N–H and O–H groups in total. The fraction of sp³-hybridized carbons (Fsp3) is 0.211. The minimum Gasteiger partial charge on any atom is -0.481 e. The van der Waals surface area contributed by atoms with Crippen molar-refractivity contribution in [3.8, 4) is 17.3 Å². The molecule has 0 saturated carbocycles. The molecule has 132 valence electrons. The highest BCUT2D eigenvalue weighted by molar-refractivity contribution is 6.33. The molecule has 0 amide bonds. The Bertz CT molecular complexity index is 1020. The van der Waals surface area contributed by atoms with Gasteiger partial charge in [0.15, 0.2) is 5.65 Å². The van der Waals surface area contributed by atoms with Gasteiger partial charge >= 0.3 is 5.97 Å². The van der Waals surface area contributed by atoms with Crippen molar-refractivity contribution in [2.24, 2.45) is 5.92 Å². The summed E-state index contributed by atoms with van der Waals surface area (Å²) in [7, 11) is 0. The third kappa shape index (κ3) is 3.04. The molecule has 1 aliphatic carbocycles. The van der Waals surface area contributed by atoms with Crippen LogP contribution in [-0.4, -0.2) is 31.1 Å². The van der Waals surface area contributed by atoms with Gasteiger partial charge in [-0.3, -0.25) is 4.79 Å². The van der Waals surface area contributed by atoms with E-state index < -0.39 is 5.97 Å². The minimum absolute atomic E-state index is 0.194. The van der Waals surface area contributed by atoms with Crippen LogP contribution >= 0.6 is 11.6 Å². The van der Waals surface area contributed by atoms with E-state index in [1.54, 1.807) is 6.07 Å². The van der Waals surface area contributed by atoms with Gasteiger partial charge in [0.2, 0.25) is 0 Å². The lowest BCUT2D eigenvalue weighted by molar-refractivity contribution is -0.141. The van der Waals surface area contributed by atoms with Crippen molar-refractivity contribution < 1.29 is 15.0 Å². The maximum Gasteiger partial charge on any atom is 0.306 e. The predicted molar refractivity (Wildman–Crippen MR) is 99.0 cm³/mol. The SMILES string of the molecule is O=C(O)C1CC=C(c2ccc(-c3nc4nc(O)[nH]c4cc3Cl)cc2)CC1. The number of aromatic hydroxyl groups is 1. The number of imidazole rings is 1. The Morgan fingerprint density at radius 3 is 2.58 bits per heavy atom. The van der Waals surface area contributed by atoms with Crippen LogP contribution in [0.5, 0.6) is 6.01 Å².